The van der Waals surface area contributed by atoms with Crippen LogP contribution in [0.3, 0.4) is 0 Å². The van der Waals surface area contributed by atoms with E-state index in [1.807, 2.05) is 29.2 Å². The molecule has 190 valence electrons. The molecule has 37 heavy (non-hydrogen) atoms. The van der Waals surface area contributed by atoms with Crippen LogP contribution in [0.25, 0.3) is 10.8 Å². The fourth-order valence-corrected chi connectivity index (χ4v) is 4.21. The molecular weight excluding hydrogens is 473 g/mol. The molecule has 1 aromatic heterocycles. The quantitative estimate of drug-likeness (QED) is 0.331. The summed E-state index contributed by atoms with van der Waals surface area (Å²) < 4.78 is 25.9. The molecule has 1 amide bonds. The topological polar surface area (TPSA) is 88.6 Å². The van der Waals surface area contributed by atoms with Crippen molar-refractivity contribution >= 4 is 34.0 Å². The molecule has 0 atom stereocenters. The van der Waals surface area contributed by atoms with Gasteiger partial charge in [0.1, 0.15) is 11.6 Å². The zero-order chi connectivity index (χ0) is 25.6. The fourth-order valence-electron chi connectivity index (χ4n) is 4.21. The molecule has 3 aromatic carbocycles. The van der Waals surface area contributed by atoms with Gasteiger partial charge in [-0.25, -0.2) is 9.37 Å². The van der Waals surface area contributed by atoms with Crippen LogP contribution in [0.15, 0.2) is 66.9 Å². The number of hydrogen-bond donors (Lipinski definition) is 2. The van der Waals surface area contributed by atoms with Crippen LogP contribution in [0.2, 0.25) is 0 Å². The molecule has 0 radical (unpaired) electrons. The van der Waals surface area contributed by atoms with Gasteiger partial charge in [0.25, 0.3) is 5.91 Å². The molecule has 8 nitrogen and oxygen atoms in total. The van der Waals surface area contributed by atoms with E-state index in [0.29, 0.717) is 55.3 Å². The lowest BCUT2D eigenvalue weighted by molar-refractivity contribution is 0.102. The number of morpholine rings is 1. The van der Waals surface area contributed by atoms with E-state index in [9.17, 15) is 9.18 Å². The SMILES string of the molecule is CCCNc1nccc(Oc2ccc(NC(=O)c3cc(F)cc(N4CCOCC4)c3)c3ccccc23)n1. The van der Waals surface area contributed by atoms with Crippen LogP contribution in [0, 0.1) is 5.82 Å². The number of benzene rings is 3. The average Bonchev–Trinajstić information content (AvgIpc) is 2.93. The number of fused-ring (bicyclic) bond motifs is 1. The third kappa shape index (κ3) is 5.78. The monoisotopic (exact) mass is 501 g/mol. The molecule has 1 fully saturated rings. The number of halogens is 1. The van der Waals surface area contributed by atoms with Crippen LogP contribution < -0.4 is 20.3 Å². The van der Waals surface area contributed by atoms with Crippen molar-refractivity contribution in [2.45, 2.75) is 13.3 Å². The van der Waals surface area contributed by atoms with Gasteiger partial charge in [0.15, 0.2) is 0 Å². The summed E-state index contributed by atoms with van der Waals surface area (Å²) in [5.74, 6) is 0.648. The summed E-state index contributed by atoms with van der Waals surface area (Å²) in [6, 6.07) is 17.2. The lowest BCUT2D eigenvalue weighted by Gasteiger charge is -2.29. The van der Waals surface area contributed by atoms with Crippen molar-refractivity contribution in [1.82, 2.24) is 9.97 Å². The molecule has 1 aliphatic heterocycles. The van der Waals surface area contributed by atoms with E-state index in [0.717, 1.165) is 23.7 Å². The summed E-state index contributed by atoms with van der Waals surface area (Å²) in [6.45, 7) is 5.28. The largest absolute Gasteiger partial charge is 0.438 e. The fraction of sp³-hybridized carbons (Fsp3) is 0.250. The van der Waals surface area contributed by atoms with Crippen LogP contribution in [-0.2, 0) is 4.74 Å². The minimum atomic E-state index is -0.458. The van der Waals surface area contributed by atoms with E-state index in [2.05, 4.69) is 27.5 Å². The van der Waals surface area contributed by atoms with Crippen molar-refractivity contribution in [3.8, 4) is 11.6 Å². The number of carbonyl (C=O) groups excluding carboxylic acids is 1. The predicted octanol–water partition coefficient (Wildman–Crippen LogP) is 5.47. The number of amides is 1. The zero-order valence-electron chi connectivity index (χ0n) is 20.5. The minimum Gasteiger partial charge on any atom is -0.438 e. The van der Waals surface area contributed by atoms with Gasteiger partial charge in [0, 0.05) is 59.6 Å². The number of ether oxygens (including phenoxy) is 2. The lowest BCUT2D eigenvalue weighted by atomic mass is 10.1. The summed E-state index contributed by atoms with van der Waals surface area (Å²) in [6.07, 6.45) is 2.59. The third-order valence-corrected chi connectivity index (χ3v) is 6.03. The first-order chi connectivity index (χ1) is 18.1. The average molecular weight is 502 g/mol. The second-order valence-corrected chi connectivity index (χ2v) is 8.66. The molecule has 2 heterocycles. The van der Waals surface area contributed by atoms with Crippen molar-refractivity contribution in [2.24, 2.45) is 0 Å². The van der Waals surface area contributed by atoms with E-state index in [1.54, 1.807) is 30.5 Å². The number of hydrogen-bond acceptors (Lipinski definition) is 7. The Labute approximate surface area is 214 Å². The molecule has 0 bridgehead atoms. The van der Waals surface area contributed by atoms with E-state index in [-0.39, 0.29) is 5.56 Å². The highest BCUT2D eigenvalue weighted by molar-refractivity contribution is 6.10. The zero-order valence-corrected chi connectivity index (χ0v) is 20.5. The Morgan fingerprint density at radius 3 is 2.70 bits per heavy atom. The van der Waals surface area contributed by atoms with E-state index >= 15 is 0 Å². The van der Waals surface area contributed by atoms with Gasteiger partial charge in [-0.15, -0.1) is 0 Å². The molecule has 0 unspecified atom stereocenters. The Kier molecular flexibility index (Phi) is 7.41. The number of nitrogens with one attached hydrogen (secondary N) is 2. The molecule has 5 rings (SSSR count). The molecule has 2 N–H and O–H groups in total. The minimum absolute atomic E-state index is 0.249. The van der Waals surface area contributed by atoms with Crippen LogP contribution in [-0.4, -0.2) is 48.7 Å². The van der Waals surface area contributed by atoms with Crippen LogP contribution in [0.1, 0.15) is 23.7 Å². The number of anilines is 3. The van der Waals surface area contributed by atoms with Gasteiger partial charge in [-0.3, -0.25) is 4.79 Å². The van der Waals surface area contributed by atoms with Gasteiger partial charge in [-0.05, 0) is 36.8 Å². The highest BCUT2D eigenvalue weighted by atomic mass is 19.1. The molecular formula is C28H28FN5O3. The smallest absolute Gasteiger partial charge is 0.255 e. The lowest BCUT2D eigenvalue weighted by Crippen LogP contribution is -2.36. The van der Waals surface area contributed by atoms with Gasteiger partial charge in [0.05, 0.1) is 13.2 Å². The Balaban J connectivity index is 1.39. The molecule has 1 saturated heterocycles. The maximum atomic E-state index is 14.4. The second kappa shape index (κ2) is 11.2. The number of carbonyl (C=O) groups is 1. The molecule has 0 spiro atoms. The van der Waals surface area contributed by atoms with E-state index in [1.165, 1.54) is 12.1 Å². The van der Waals surface area contributed by atoms with E-state index in [4.69, 9.17) is 9.47 Å². The van der Waals surface area contributed by atoms with Gasteiger partial charge in [-0.2, -0.15) is 4.98 Å². The van der Waals surface area contributed by atoms with Gasteiger partial charge < -0.3 is 25.0 Å². The molecule has 4 aromatic rings. The first-order valence-electron chi connectivity index (χ1n) is 12.3. The Morgan fingerprint density at radius 1 is 1.08 bits per heavy atom. The highest BCUT2D eigenvalue weighted by Crippen LogP contribution is 2.34. The maximum absolute atomic E-state index is 14.4. The number of aromatic nitrogens is 2. The standard InChI is InChI=1S/C28H28FN5O3/c1-2-10-30-28-31-11-9-26(33-28)37-25-8-7-24(22-5-3-4-6-23(22)25)32-27(35)19-16-20(29)18-21(17-19)34-12-14-36-15-13-34/h3-9,11,16-18H,2,10,12-15H2,1H3,(H,32,35)(H,30,31,33). The summed E-state index contributed by atoms with van der Waals surface area (Å²) in [7, 11) is 0. The van der Waals surface area contributed by atoms with Gasteiger partial charge in [0.2, 0.25) is 11.8 Å². The maximum Gasteiger partial charge on any atom is 0.255 e. The van der Waals surface area contributed by atoms with Crippen molar-refractivity contribution < 1.29 is 18.7 Å². The van der Waals surface area contributed by atoms with Crippen LogP contribution in [0.5, 0.6) is 11.6 Å². The summed E-state index contributed by atoms with van der Waals surface area (Å²) in [5, 5.41) is 7.68. The van der Waals surface area contributed by atoms with E-state index < -0.39 is 11.7 Å². The molecule has 0 aliphatic carbocycles. The Bertz CT molecular complexity index is 1410. The predicted molar refractivity (Wildman–Crippen MR) is 142 cm³/mol. The molecule has 9 heteroatoms. The van der Waals surface area contributed by atoms with Crippen LogP contribution >= 0.6 is 0 Å². The van der Waals surface area contributed by atoms with Crippen molar-refractivity contribution in [3.63, 3.8) is 0 Å². The second-order valence-electron chi connectivity index (χ2n) is 8.66. The summed E-state index contributed by atoms with van der Waals surface area (Å²) in [4.78, 5) is 23.8. The summed E-state index contributed by atoms with van der Waals surface area (Å²) in [5.41, 5.74) is 1.51. The third-order valence-electron chi connectivity index (χ3n) is 6.03. The summed E-state index contributed by atoms with van der Waals surface area (Å²) >= 11 is 0. The Morgan fingerprint density at radius 2 is 1.89 bits per heavy atom. The van der Waals surface area contributed by atoms with Crippen molar-refractivity contribution in [1.29, 1.82) is 0 Å². The number of nitrogens with zero attached hydrogens (tertiary/aromatic N) is 3. The Hall–Kier alpha value is -4.24. The number of rotatable bonds is 8. The first-order valence-corrected chi connectivity index (χ1v) is 12.3. The first kappa shape index (κ1) is 24.5. The molecule has 0 saturated carbocycles. The molecule has 1 aliphatic rings. The highest BCUT2D eigenvalue weighted by Gasteiger charge is 2.17. The normalized spacial score (nSPS) is 13.4. The van der Waals surface area contributed by atoms with Crippen molar-refractivity contribution in [2.75, 3.05) is 48.4 Å². The van der Waals surface area contributed by atoms with Gasteiger partial charge >= 0.3 is 0 Å². The van der Waals surface area contributed by atoms with Crippen molar-refractivity contribution in [3.05, 3.63) is 78.2 Å². The van der Waals surface area contributed by atoms with Crippen LogP contribution in [0.4, 0.5) is 21.7 Å². The van der Waals surface area contributed by atoms with Gasteiger partial charge in [-0.1, -0.05) is 31.2 Å².